The number of benzene rings is 2. The minimum Gasteiger partial charge on any atom is -0.339 e. The highest BCUT2D eigenvalue weighted by molar-refractivity contribution is 8.00. The van der Waals surface area contributed by atoms with E-state index in [1.807, 2.05) is 53.4 Å². The van der Waals surface area contributed by atoms with E-state index in [0.717, 1.165) is 16.3 Å². The molecule has 2 atom stereocenters. The molecule has 1 aliphatic heterocycles. The van der Waals surface area contributed by atoms with E-state index in [0.29, 0.717) is 60.2 Å². The molecule has 0 radical (unpaired) electrons. The van der Waals surface area contributed by atoms with Crippen molar-refractivity contribution in [2.24, 2.45) is 5.92 Å². The summed E-state index contributed by atoms with van der Waals surface area (Å²) in [7, 11) is 0. The zero-order chi connectivity index (χ0) is 29.5. The van der Waals surface area contributed by atoms with Crippen LogP contribution >= 0.6 is 23.1 Å². The van der Waals surface area contributed by atoms with Gasteiger partial charge in [0.25, 0.3) is 11.8 Å². The summed E-state index contributed by atoms with van der Waals surface area (Å²) >= 11 is 3.07. The minimum atomic E-state index is -0.170. The molecule has 8 nitrogen and oxygen atoms in total. The second-order valence-corrected chi connectivity index (χ2v) is 13.5. The van der Waals surface area contributed by atoms with E-state index in [-0.39, 0.29) is 17.7 Å². The van der Waals surface area contributed by atoms with Crippen LogP contribution in [0.3, 0.4) is 0 Å². The van der Waals surface area contributed by atoms with Crippen LogP contribution in [0.5, 0.6) is 0 Å². The number of thioether (sulfide) groups is 1. The standard InChI is InChI=1S/C32H39N5O3S2/c1-22-6-3-4-9-28(22)33-19-24-10-12-26(13-11-24)30(39)35-32-34-20-29(42-32)41-21-25-7-5-8-27(18-25)31(40)37-16-14-36(15-17-37)23(2)38/h5,7-8,10-13,18,20,22,28,33H,3-4,6,9,14-17,19,21H2,1-2H3,(H,34,35,39)/t22-,28?/m0/s1. The first-order valence-electron chi connectivity index (χ1n) is 14.7. The second kappa shape index (κ2) is 14.3. The molecule has 5 rings (SSSR count). The van der Waals surface area contributed by atoms with Crippen LogP contribution in [-0.4, -0.2) is 64.7 Å². The second-order valence-electron chi connectivity index (χ2n) is 11.2. The molecule has 3 amide bonds. The normalized spacial score (nSPS) is 19.0. The first-order chi connectivity index (χ1) is 20.4. The van der Waals surface area contributed by atoms with Gasteiger partial charge < -0.3 is 15.1 Å². The summed E-state index contributed by atoms with van der Waals surface area (Å²) in [6.45, 7) is 6.96. The Morgan fingerprint density at radius 2 is 1.69 bits per heavy atom. The van der Waals surface area contributed by atoms with Crippen molar-refractivity contribution in [3.05, 3.63) is 77.0 Å². The van der Waals surface area contributed by atoms with Gasteiger partial charge in [-0.2, -0.15) is 0 Å². The third kappa shape index (κ3) is 7.99. The van der Waals surface area contributed by atoms with Crippen molar-refractivity contribution >= 4 is 46.0 Å². The fourth-order valence-corrected chi connectivity index (χ4v) is 7.36. The SMILES string of the molecule is CC(=O)N1CCN(C(=O)c2cccc(CSc3cnc(NC(=O)c4ccc(CNC5CCCC[C@@H]5C)cc4)s3)c2)CC1. The molecule has 3 aromatic rings. The molecule has 1 aromatic heterocycles. The van der Waals surface area contributed by atoms with Crippen molar-refractivity contribution in [1.29, 1.82) is 0 Å². The maximum Gasteiger partial charge on any atom is 0.257 e. The summed E-state index contributed by atoms with van der Waals surface area (Å²) in [6, 6.07) is 16.1. The maximum atomic E-state index is 13.0. The zero-order valence-corrected chi connectivity index (χ0v) is 25.9. The number of aromatic nitrogens is 1. The van der Waals surface area contributed by atoms with E-state index < -0.39 is 0 Å². The molecular weight excluding hydrogens is 567 g/mol. The van der Waals surface area contributed by atoms with Crippen molar-refractivity contribution in [2.45, 2.75) is 62.1 Å². The fourth-order valence-electron chi connectivity index (χ4n) is 5.55. The molecular formula is C32H39N5O3S2. The Bertz CT molecular complexity index is 1380. The number of nitrogens with zero attached hydrogens (tertiary/aromatic N) is 3. The van der Waals surface area contributed by atoms with Crippen molar-refractivity contribution in [3.63, 3.8) is 0 Å². The summed E-state index contributed by atoms with van der Waals surface area (Å²) < 4.78 is 0.987. The predicted octanol–water partition coefficient (Wildman–Crippen LogP) is 5.66. The van der Waals surface area contributed by atoms with Crippen molar-refractivity contribution in [2.75, 3.05) is 31.5 Å². The number of rotatable bonds is 9. The van der Waals surface area contributed by atoms with E-state index in [1.54, 1.807) is 29.8 Å². The van der Waals surface area contributed by atoms with Crippen molar-refractivity contribution in [3.8, 4) is 0 Å². The molecule has 222 valence electrons. The third-order valence-corrected chi connectivity index (χ3v) is 10.3. The lowest BCUT2D eigenvalue weighted by atomic mass is 9.86. The van der Waals surface area contributed by atoms with Crippen LogP contribution in [0, 0.1) is 5.92 Å². The van der Waals surface area contributed by atoms with Gasteiger partial charge in [-0.25, -0.2) is 4.98 Å². The number of carbonyl (C=O) groups is 3. The van der Waals surface area contributed by atoms with Crippen LogP contribution in [-0.2, 0) is 17.1 Å². The molecule has 2 aromatic carbocycles. The van der Waals surface area contributed by atoms with E-state index in [9.17, 15) is 14.4 Å². The molecule has 42 heavy (non-hydrogen) atoms. The van der Waals surface area contributed by atoms with Crippen LogP contribution in [0.1, 0.15) is 71.4 Å². The number of thiazole rings is 1. The Balaban J connectivity index is 1.09. The minimum absolute atomic E-state index is 0.00374. The molecule has 10 heteroatoms. The number of hydrogen-bond donors (Lipinski definition) is 2. The molecule has 1 saturated heterocycles. The van der Waals surface area contributed by atoms with Crippen molar-refractivity contribution in [1.82, 2.24) is 20.1 Å². The van der Waals surface area contributed by atoms with Crippen LogP contribution in [0.4, 0.5) is 5.13 Å². The lowest BCUT2D eigenvalue weighted by Crippen LogP contribution is -2.50. The number of anilines is 1. The van der Waals surface area contributed by atoms with Gasteiger partial charge in [0.2, 0.25) is 5.91 Å². The summed E-state index contributed by atoms with van der Waals surface area (Å²) in [5, 5.41) is 7.17. The first-order valence-corrected chi connectivity index (χ1v) is 16.5. The Morgan fingerprint density at radius 1 is 0.952 bits per heavy atom. The van der Waals surface area contributed by atoms with Crippen LogP contribution < -0.4 is 10.6 Å². The van der Waals surface area contributed by atoms with Gasteiger partial charge in [-0.3, -0.25) is 19.7 Å². The molecule has 2 fully saturated rings. The Labute approximate surface area is 256 Å². The Kier molecular flexibility index (Phi) is 10.3. The summed E-state index contributed by atoms with van der Waals surface area (Å²) in [5.74, 6) is 1.27. The fraction of sp³-hybridized carbons (Fsp3) is 0.438. The molecule has 0 bridgehead atoms. The highest BCUT2D eigenvalue weighted by Crippen LogP contribution is 2.31. The molecule has 2 heterocycles. The third-order valence-electron chi connectivity index (χ3n) is 8.17. The van der Waals surface area contributed by atoms with Crippen LogP contribution in [0.25, 0.3) is 0 Å². The Morgan fingerprint density at radius 3 is 2.43 bits per heavy atom. The molecule has 1 unspecified atom stereocenters. The lowest BCUT2D eigenvalue weighted by molar-refractivity contribution is -0.130. The molecule has 2 N–H and O–H groups in total. The monoisotopic (exact) mass is 605 g/mol. The smallest absolute Gasteiger partial charge is 0.257 e. The summed E-state index contributed by atoms with van der Waals surface area (Å²) in [5.41, 5.74) is 3.49. The average molecular weight is 606 g/mol. The topological polar surface area (TPSA) is 94.6 Å². The van der Waals surface area contributed by atoms with E-state index in [4.69, 9.17) is 0 Å². The number of piperazine rings is 1. The van der Waals surface area contributed by atoms with Gasteiger partial charge in [-0.1, -0.05) is 55.4 Å². The summed E-state index contributed by atoms with van der Waals surface area (Å²) in [6.07, 6.45) is 6.95. The molecule has 1 aliphatic carbocycles. The van der Waals surface area contributed by atoms with Crippen LogP contribution in [0.2, 0.25) is 0 Å². The lowest BCUT2D eigenvalue weighted by Gasteiger charge is -2.34. The number of carbonyl (C=O) groups excluding carboxylic acids is 3. The van der Waals surface area contributed by atoms with Gasteiger partial charge in [-0.05, 0) is 54.2 Å². The summed E-state index contributed by atoms with van der Waals surface area (Å²) in [4.78, 5) is 45.4. The van der Waals surface area contributed by atoms with Gasteiger partial charge in [-0.15, -0.1) is 11.8 Å². The molecule has 1 saturated carbocycles. The van der Waals surface area contributed by atoms with E-state index in [2.05, 4.69) is 22.5 Å². The molecule has 0 spiro atoms. The first kappa shape index (κ1) is 30.3. The number of nitrogens with one attached hydrogen (secondary N) is 2. The molecule has 2 aliphatic rings. The van der Waals surface area contributed by atoms with Gasteiger partial charge in [0, 0.05) is 62.6 Å². The van der Waals surface area contributed by atoms with Gasteiger partial charge in [0.05, 0.1) is 10.4 Å². The maximum absolute atomic E-state index is 13.0. The number of amides is 3. The van der Waals surface area contributed by atoms with E-state index in [1.165, 1.54) is 42.6 Å². The Hall–Kier alpha value is -3.21. The van der Waals surface area contributed by atoms with Gasteiger partial charge in [0.15, 0.2) is 5.13 Å². The number of hydrogen-bond acceptors (Lipinski definition) is 7. The van der Waals surface area contributed by atoms with Gasteiger partial charge in [0.1, 0.15) is 0 Å². The highest BCUT2D eigenvalue weighted by Gasteiger charge is 2.23. The largest absolute Gasteiger partial charge is 0.339 e. The quantitative estimate of drug-likeness (QED) is 0.306. The average Bonchev–Trinajstić information content (AvgIpc) is 3.46. The van der Waals surface area contributed by atoms with E-state index >= 15 is 0 Å². The van der Waals surface area contributed by atoms with Gasteiger partial charge >= 0.3 is 0 Å². The van der Waals surface area contributed by atoms with Crippen molar-refractivity contribution < 1.29 is 14.4 Å². The highest BCUT2D eigenvalue weighted by atomic mass is 32.2. The van der Waals surface area contributed by atoms with Crippen LogP contribution in [0.15, 0.2) is 58.9 Å². The zero-order valence-electron chi connectivity index (χ0n) is 24.3. The predicted molar refractivity (Wildman–Crippen MR) is 169 cm³/mol.